The Labute approximate surface area is 113 Å². The molecule has 1 atom stereocenters. The van der Waals surface area contributed by atoms with E-state index in [2.05, 4.69) is 9.97 Å². The summed E-state index contributed by atoms with van der Waals surface area (Å²) in [6.45, 7) is 4.62. The van der Waals surface area contributed by atoms with Crippen molar-refractivity contribution < 1.29 is 4.74 Å². The lowest BCUT2D eigenvalue weighted by Gasteiger charge is -2.06. The van der Waals surface area contributed by atoms with E-state index in [-0.39, 0.29) is 6.04 Å². The Hall–Kier alpha value is -1.88. The van der Waals surface area contributed by atoms with Crippen LogP contribution in [0, 0.1) is 6.92 Å². The minimum Gasteiger partial charge on any atom is -0.497 e. The first-order valence-corrected chi connectivity index (χ1v) is 6.34. The maximum absolute atomic E-state index is 5.77. The summed E-state index contributed by atoms with van der Waals surface area (Å²) in [5.41, 5.74) is 8.68. The lowest BCUT2D eigenvalue weighted by molar-refractivity contribution is 0.413. The number of nitrogens with zero attached hydrogens (tertiary/aromatic N) is 3. The van der Waals surface area contributed by atoms with Crippen LogP contribution in [-0.2, 0) is 13.0 Å². The number of pyridine rings is 1. The van der Waals surface area contributed by atoms with Gasteiger partial charge >= 0.3 is 0 Å². The van der Waals surface area contributed by atoms with Crippen LogP contribution in [0.5, 0.6) is 5.75 Å². The monoisotopic (exact) mass is 260 g/mol. The SMILES string of the molecule is COc1cc(C)nc(Cn2cnc(CC(C)N)c2)c1. The zero-order chi connectivity index (χ0) is 13.8. The lowest BCUT2D eigenvalue weighted by atomic mass is 10.2. The van der Waals surface area contributed by atoms with Crippen molar-refractivity contribution in [2.45, 2.75) is 32.9 Å². The van der Waals surface area contributed by atoms with Gasteiger partial charge in [0, 0.05) is 36.5 Å². The molecule has 5 nitrogen and oxygen atoms in total. The summed E-state index contributed by atoms with van der Waals surface area (Å²) in [4.78, 5) is 8.84. The number of nitrogens with two attached hydrogens (primary N) is 1. The normalized spacial score (nSPS) is 12.4. The largest absolute Gasteiger partial charge is 0.497 e. The Balaban J connectivity index is 2.12. The Morgan fingerprint density at radius 1 is 1.37 bits per heavy atom. The van der Waals surface area contributed by atoms with Crippen molar-refractivity contribution in [3.63, 3.8) is 0 Å². The smallest absolute Gasteiger partial charge is 0.122 e. The fraction of sp³-hybridized carbons (Fsp3) is 0.429. The van der Waals surface area contributed by atoms with Crippen molar-refractivity contribution in [1.82, 2.24) is 14.5 Å². The van der Waals surface area contributed by atoms with Crippen LogP contribution in [0.1, 0.15) is 24.0 Å². The van der Waals surface area contributed by atoms with Crippen LogP contribution in [-0.4, -0.2) is 27.7 Å². The van der Waals surface area contributed by atoms with Crippen LogP contribution in [0.2, 0.25) is 0 Å². The molecule has 0 saturated carbocycles. The van der Waals surface area contributed by atoms with E-state index in [1.807, 2.05) is 43.1 Å². The summed E-state index contributed by atoms with van der Waals surface area (Å²) in [7, 11) is 1.66. The summed E-state index contributed by atoms with van der Waals surface area (Å²) in [6, 6.07) is 3.98. The number of methoxy groups -OCH3 is 1. The molecular formula is C14H20N4O. The molecule has 0 aliphatic heterocycles. The summed E-state index contributed by atoms with van der Waals surface area (Å²) in [6.07, 6.45) is 4.62. The molecule has 0 fully saturated rings. The molecular weight excluding hydrogens is 240 g/mol. The second-order valence-electron chi connectivity index (χ2n) is 4.86. The number of hydrogen-bond acceptors (Lipinski definition) is 4. The van der Waals surface area contributed by atoms with E-state index in [0.717, 1.165) is 29.3 Å². The van der Waals surface area contributed by atoms with Gasteiger partial charge in [-0.05, 0) is 13.8 Å². The van der Waals surface area contributed by atoms with Gasteiger partial charge in [-0.3, -0.25) is 4.98 Å². The summed E-state index contributed by atoms with van der Waals surface area (Å²) >= 11 is 0. The molecule has 2 aromatic heterocycles. The number of rotatable bonds is 5. The van der Waals surface area contributed by atoms with Gasteiger partial charge in [0.1, 0.15) is 5.75 Å². The van der Waals surface area contributed by atoms with E-state index < -0.39 is 0 Å². The minimum absolute atomic E-state index is 0.125. The fourth-order valence-corrected chi connectivity index (χ4v) is 2.02. The zero-order valence-electron chi connectivity index (χ0n) is 11.6. The topological polar surface area (TPSA) is 66.0 Å². The summed E-state index contributed by atoms with van der Waals surface area (Å²) < 4.78 is 7.26. The third-order valence-corrected chi connectivity index (χ3v) is 2.78. The van der Waals surface area contributed by atoms with Gasteiger partial charge in [0.05, 0.1) is 31.4 Å². The molecule has 19 heavy (non-hydrogen) atoms. The average Bonchev–Trinajstić information content (AvgIpc) is 2.74. The number of aryl methyl sites for hydroxylation is 1. The molecule has 0 aliphatic rings. The molecule has 0 aromatic carbocycles. The molecule has 102 valence electrons. The van der Waals surface area contributed by atoms with Gasteiger partial charge in [-0.1, -0.05) is 0 Å². The van der Waals surface area contributed by atoms with E-state index in [4.69, 9.17) is 10.5 Å². The minimum atomic E-state index is 0.125. The van der Waals surface area contributed by atoms with Gasteiger partial charge in [-0.15, -0.1) is 0 Å². The summed E-state index contributed by atoms with van der Waals surface area (Å²) in [5, 5.41) is 0. The van der Waals surface area contributed by atoms with Crippen LogP contribution < -0.4 is 10.5 Å². The highest BCUT2D eigenvalue weighted by atomic mass is 16.5. The Kier molecular flexibility index (Phi) is 4.16. The van der Waals surface area contributed by atoms with E-state index in [1.165, 1.54) is 0 Å². The molecule has 0 aliphatic carbocycles. The molecule has 2 heterocycles. The van der Waals surface area contributed by atoms with Gasteiger partial charge in [-0.25, -0.2) is 4.98 Å². The quantitative estimate of drug-likeness (QED) is 0.885. The number of imidazole rings is 1. The maximum Gasteiger partial charge on any atom is 0.122 e. The molecule has 5 heteroatoms. The van der Waals surface area contributed by atoms with Crippen molar-refractivity contribution >= 4 is 0 Å². The van der Waals surface area contributed by atoms with Gasteiger partial charge in [0.2, 0.25) is 0 Å². The standard InChI is InChI=1S/C14H20N4O/c1-10(15)4-12-7-18(9-16-12)8-13-6-14(19-3)5-11(2)17-13/h5-7,9-10H,4,8,15H2,1-3H3. The molecule has 2 rings (SSSR count). The van der Waals surface area contributed by atoms with Gasteiger partial charge in [-0.2, -0.15) is 0 Å². The number of aromatic nitrogens is 3. The zero-order valence-corrected chi connectivity index (χ0v) is 11.6. The van der Waals surface area contributed by atoms with Gasteiger partial charge < -0.3 is 15.0 Å². The van der Waals surface area contributed by atoms with E-state index in [1.54, 1.807) is 7.11 Å². The average molecular weight is 260 g/mol. The molecule has 2 N–H and O–H groups in total. The Bertz CT molecular complexity index is 548. The van der Waals surface area contributed by atoms with Crippen molar-refractivity contribution in [2.24, 2.45) is 5.73 Å². The van der Waals surface area contributed by atoms with Gasteiger partial charge in [0.15, 0.2) is 0 Å². The van der Waals surface area contributed by atoms with Crippen molar-refractivity contribution in [3.8, 4) is 5.75 Å². The van der Waals surface area contributed by atoms with Crippen LogP contribution in [0.3, 0.4) is 0 Å². The van der Waals surface area contributed by atoms with E-state index in [9.17, 15) is 0 Å². The molecule has 0 saturated heterocycles. The lowest BCUT2D eigenvalue weighted by Crippen LogP contribution is -2.17. The predicted octanol–water partition coefficient (Wildman–Crippen LogP) is 1.53. The molecule has 0 radical (unpaired) electrons. The number of hydrogen-bond donors (Lipinski definition) is 1. The van der Waals surface area contributed by atoms with Crippen LogP contribution >= 0.6 is 0 Å². The second-order valence-corrected chi connectivity index (χ2v) is 4.86. The summed E-state index contributed by atoms with van der Waals surface area (Å²) in [5.74, 6) is 0.832. The first-order chi connectivity index (χ1) is 9.06. The predicted molar refractivity (Wildman–Crippen MR) is 74.2 cm³/mol. The Morgan fingerprint density at radius 3 is 2.84 bits per heavy atom. The van der Waals surface area contributed by atoms with Crippen molar-refractivity contribution in [2.75, 3.05) is 7.11 Å². The highest BCUT2D eigenvalue weighted by Gasteiger charge is 2.05. The molecule has 2 aromatic rings. The Morgan fingerprint density at radius 2 is 2.16 bits per heavy atom. The molecule has 0 spiro atoms. The van der Waals surface area contributed by atoms with Crippen molar-refractivity contribution in [3.05, 3.63) is 41.7 Å². The molecule has 0 amide bonds. The van der Waals surface area contributed by atoms with Crippen LogP contribution in [0.4, 0.5) is 0 Å². The first kappa shape index (κ1) is 13.5. The first-order valence-electron chi connectivity index (χ1n) is 6.34. The van der Waals surface area contributed by atoms with Crippen LogP contribution in [0.15, 0.2) is 24.7 Å². The third kappa shape index (κ3) is 3.79. The fourth-order valence-electron chi connectivity index (χ4n) is 2.02. The van der Waals surface area contributed by atoms with E-state index >= 15 is 0 Å². The second kappa shape index (κ2) is 5.84. The van der Waals surface area contributed by atoms with Gasteiger partial charge in [0.25, 0.3) is 0 Å². The van der Waals surface area contributed by atoms with Crippen LogP contribution in [0.25, 0.3) is 0 Å². The maximum atomic E-state index is 5.77. The number of ether oxygens (including phenoxy) is 1. The molecule has 0 bridgehead atoms. The molecule has 1 unspecified atom stereocenters. The third-order valence-electron chi connectivity index (χ3n) is 2.78. The highest BCUT2D eigenvalue weighted by molar-refractivity contribution is 5.26. The van der Waals surface area contributed by atoms with Crippen molar-refractivity contribution in [1.29, 1.82) is 0 Å². The van der Waals surface area contributed by atoms with E-state index in [0.29, 0.717) is 6.54 Å². The highest BCUT2D eigenvalue weighted by Crippen LogP contribution is 2.14.